The molecule has 1 aromatic carbocycles. The lowest BCUT2D eigenvalue weighted by atomic mass is 10.0. The van der Waals surface area contributed by atoms with E-state index in [0.717, 1.165) is 22.9 Å². The molecule has 1 aromatic heterocycles. The molecular weight excluding hydrogens is 234 g/mol. The normalized spacial score (nSPS) is 10.7. The summed E-state index contributed by atoms with van der Waals surface area (Å²) < 4.78 is 0. The molecule has 2 rings (SSSR count). The van der Waals surface area contributed by atoms with E-state index in [1.807, 2.05) is 31.2 Å². The number of ketones is 1. The van der Waals surface area contributed by atoms with Gasteiger partial charge in [0.05, 0.1) is 5.52 Å². The van der Waals surface area contributed by atoms with Crippen molar-refractivity contribution in [2.75, 3.05) is 0 Å². The third kappa shape index (κ3) is 2.83. The van der Waals surface area contributed by atoms with Crippen LogP contribution in [-0.2, 0) is 11.2 Å². The summed E-state index contributed by atoms with van der Waals surface area (Å²) in [6, 6.07) is 7.49. The fourth-order valence-electron chi connectivity index (χ4n) is 1.91. The highest BCUT2D eigenvalue weighted by Crippen LogP contribution is 2.21. The molecule has 0 atom stereocenters. The number of hydrogen-bond acceptors (Lipinski definition) is 2. The van der Waals surface area contributed by atoms with Gasteiger partial charge in [-0.25, -0.2) is 0 Å². The molecule has 0 aliphatic rings. The fourth-order valence-corrected chi connectivity index (χ4v) is 2.08. The van der Waals surface area contributed by atoms with Crippen LogP contribution in [0.2, 0.25) is 5.02 Å². The Morgan fingerprint density at radius 3 is 2.94 bits per heavy atom. The molecule has 0 unspecified atom stereocenters. The minimum atomic E-state index is 0.273. The number of halogens is 1. The van der Waals surface area contributed by atoms with E-state index >= 15 is 0 Å². The number of fused-ring (bicyclic) bond motifs is 1. The quantitative estimate of drug-likeness (QED) is 0.823. The lowest BCUT2D eigenvalue weighted by molar-refractivity contribution is -0.118. The fraction of sp³-hybridized carbons (Fsp3) is 0.286. The molecule has 0 aliphatic carbocycles. The first kappa shape index (κ1) is 12.1. The molecule has 0 bridgehead atoms. The first-order valence-electron chi connectivity index (χ1n) is 5.75. The number of pyridine rings is 1. The summed E-state index contributed by atoms with van der Waals surface area (Å²) in [5, 5.41) is 1.68. The summed E-state index contributed by atoms with van der Waals surface area (Å²) in [6.45, 7) is 2.02. The maximum Gasteiger partial charge on any atom is 0.137 e. The van der Waals surface area contributed by atoms with Gasteiger partial charge in [0.25, 0.3) is 0 Å². The molecule has 2 nitrogen and oxygen atoms in total. The largest absolute Gasteiger partial charge is 0.299 e. The molecule has 0 spiro atoms. The van der Waals surface area contributed by atoms with E-state index in [4.69, 9.17) is 11.6 Å². The number of rotatable bonds is 4. The van der Waals surface area contributed by atoms with Crippen LogP contribution in [0, 0.1) is 0 Å². The molecule has 0 saturated heterocycles. The lowest BCUT2D eigenvalue weighted by Crippen LogP contribution is -2.02. The zero-order valence-corrected chi connectivity index (χ0v) is 10.5. The maximum atomic E-state index is 11.7. The topological polar surface area (TPSA) is 30.0 Å². The van der Waals surface area contributed by atoms with Crippen molar-refractivity contribution in [3.05, 3.63) is 41.0 Å². The number of carbonyl (C=O) groups excluding carboxylic acids is 1. The van der Waals surface area contributed by atoms with Crippen LogP contribution in [0.5, 0.6) is 0 Å². The van der Waals surface area contributed by atoms with Crippen LogP contribution in [-0.4, -0.2) is 10.8 Å². The first-order valence-corrected chi connectivity index (χ1v) is 6.13. The molecule has 0 N–H and O–H groups in total. The van der Waals surface area contributed by atoms with Crippen molar-refractivity contribution in [3.63, 3.8) is 0 Å². The van der Waals surface area contributed by atoms with Crippen LogP contribution in [0.1, 0.15) is 25.3 Å². The molecule has 2 aromatic rings. The molecule has 0 saturated carbocycles. The second-order valence-corrected chi connectivity index (χ2v) is 4.53. The SMILES string of the molecule is CCCC(=O)Cc1ccnc2cc(Cl)ccc12. The Morgan fingerprint density at radius 2 is 2.18 bits per heavy atom. The van der Waals surface area contributed by atoms with Crippen molar-refractivity contribution in [3.8, 4) is 0 Å². The van der Waals surface area contributed by atoms with Gasteiger partial charge in [0, 0.05) is 29.4 Å². The molecule has 88 valence electrons. The van der Waals surface area contributed by atoms with Gasteiger partial charge in [-0.15, -0.1) is 0 Å². The van der Waals surface area contributed by atoms with E-state index in [1.54, 1.807) is 6.20 Å². The van der Waals surface area contributed by atoms with Gasteiger partial charge in [0.1, 0.15) is 5.78 Å². The van der Waals surface area contributed by atoms with Gasteiger partial charge in [-0.3, -0.25) is 9.78 Å². The Balaban J connectivity index is 2.37. The molecule has 3 heteroatoms. The van der Waals surface area contributed by atoms with Crippen molar-refractivity contribution in [1.29, 1.82) is 0 Å². The smallest absolute Gasteiger partial charge is 0.137 e. The number of benzene rings is 1. The van der Waals surface area contributed by atoms with Gasteiger partial charge < -0.3 is 0 Å². The van der Waals surface area contributed by atoms with Crippen LogP contribution in [0.3, 0.4) is 0 Å². The average molecular weight is 248 g/mol. The van der Waals surface area contributed by atoms with Gasteiger partial charge in [-0.2, -0.15) is 0 Å². The van der Waals surface area contributed by atoms with Gasteiger partial charge in [0.15, 0.2) is 0 Å². The van der Waals surface area contributed by atoms with Gasteiger partial charge in [-0.05, 0) is 30.2 Å². The Hall–Kier alpha value is -1.41. The summed E-state index contributed by atoms with van der Waals surface area (Å²) in [5.41, 5.74) is 1.88. The number of aromatic nitrogens is 1. The summed E-state index contributed by atoms with van der Waals surface area (Å²) >= 11 is 5.92. The summed E-state index contributed by atoms with van der Waals surface area (Å²) in [5.74, 6) is 0.273. The van der Waals surface area contributed by atoms with Crippen LogP contribution >= 0.6 is 11.6 Å². The minimum Gasteiger partial charge on any atom is -0.299 e. The van der Waals surface area contributed by atoms with E-state index in [-0.39, 0.29) is 5.78 Å². The monoisotopic (exact) mass is 247 g/mol. The predicted octanol–water partition coefficient (Wildman–Crippen LogP) is 3.80. The Bertz CT molecular complexity index is 551. The number of Topliss-reactive ketones (excluding diaryl/α,β-unsaturated/α-hetero) is 1. The van der Waals surface area contributed by atoms with E-state index in [9.17, 15) is 4.79 Å². The summed E-state index contributed by atoms with van der Waals surface area (Å²) in [7, 11) is 0. The molecule has 0 amide bonds. The third-order valence-electron chi connectivity index (χ3n) is 2.71. The van der Waals surface area contributed by atoms with E-state index < -0.39 is 0 Å². The van der Waals surface area contributed by atoms with E-state index in [1.165, 1.54) is 0 Å². The van der Waals surface area contributed by atoms with Crippen molar-refractivity contribution in [1.82, 2.24) is 4.98 Å². The minimum absolute atomic E-state index is 0.273. The molecule has 0 radical (unpaired) electrons. The highest BCUT2D eigenvalue weighted by molar-refractivity contribution is 6.31. The second kappa shape index (κ2) is 5.28. The highest BCUT2D eigenvalue weighted by atomic mass is 35.5. The molecule has 1 heterocycles. The zero-order valence-electron chi connectivity index (χ0n) is 9.74. The molecule has 0 aliphatic heterocycles. The zero-order chi connectivity index (χ0) is 12.3. The number of carbonyl (C=O) groups is 1. The number of hydrogen-bond donors (Lipinski definition) is 0. The predicted molar refractivity (Wildman–Crippen MR) is 70.4 cm³/mol. The van der Waals surface area contributed by atoms with Crippen LogP contribution < -0.4 is 0 Å². The average Bonchev–Trinajstić information content (AvgIpc) is 2.29. The Kier molecular flexibility index (Phi) is 3.75. The maximum absolute atomic E-state index is 11.7. The standard InChI is InChI=1S/C14H14ClNO/c1-2-3-12(17)8-10-6-7-16-14-9-11(15)4-5-13(10)14/h4-7,9H,2-3,8H2,1H3. The third-order valence-corrected chi connectivity index (χ3v) is 2.95. The highest BCUT2D eigenvalue weighted by Gasteiger charge is 2.07. The van der Waals surface area contributed by atoms with Gasteiger partial charge >= 0.3 is 0 Å². The van der Waals surface area contributed by atoms with Crippen molar-refractivity contribution < 1.29 is 4.79 Å². The van der Waals surface area contributed by atoms with Crippen LogP contribution in [0.25, 0.3) is 10.9 Å². The Morgan fingerprint density at radius 1 is 1.35 bits per heavy atom. The molecule has 17 heavy (non-hydrogen) atoms. The van der Waals surface area contributed by atoms with E-state index in [2.05, 4.69) is 4.98 Å². The Labute approximate surface area is 106 Å². The second-order valence-electron chi connectivity index (χ2n) is 4.10. The summed E-state index contributed by atoms with van der Waals surface area (Å²) in [4.78, 5) is 15.9. The molecular formula is C14H14ClNO. The van der Waals surface area contributed by atoms with Crippen molar-refractivity contribution >= 4 is 28.3 Å². The van der Waals surface area contributed by atoms with Gasteiger partial charge in [0.2, 0.25) is 0 Å². The van der Waals surface area contributed by atoms with Gasteiger partial charge in [-0.1, -0.05) is 24.6 Å². The molecule has 0 fully saturated rings. The van der Waals surface area contributed by atoms with Crippen LogP contribution in [0.15, 0.2) is 30.5 Å². The van der Waals surface area contributed by atoms with E-state index in [0.29, 0.717) is 17.9 Å². The lowest BCUT2D eigenvalue weighted by Gasteiger charge is -2.05. The first-order chi connectivity index (χ1) is 8.20. The number of nitrogens with zero attached hydrogens (tertiary/aromatic N) is 1. The summed E-state index contributed by atoms with van der Waals surface area (Å²) in [6.07, 6.45) is 3.74. The van der Waals surface area contributed by atoms with Crippen molar-refractivity contribution in [2.45, 2.75) is 26.2 Å². The van der Waals surface area contributed by atoms with Crippen molar-refractivity contribution in [2.24, 2.45) is 0 Å². The van der Waals surface area contributed by atoms with Crippen LogP contribution in [0.4, 0.5) is 0 Å².